The SMILES string of the molecule is COc1cccc2cc(C(=O)C3=C(O)C(=O)N(c4nc5ccc(C)cc5s4)C3c3ccc(F)cc3)oc12. The number of aliphatic hydroxyl groups is 1. The third-order valence-electron chi connectivity index (χ3n) is 6.33. The van der Waals surface area contributed by atoms with Crippen molar-refractivity contribution in [2.75, 3.05) is 12.0 Å². The van der Waals surface area contributed by atoms with E-state index in [-0.39, 0.29) is 11.3 Å². The molecule has 1 aliphatic heterocycles. The summed E-state index contributed by atoms with van der Waals surface area (Å²) in [4.78, 5) is 33.1. The molecule has 0 bridgehead atoms. The molecule has 0 aliphatic carbocycles. The Hall–Kier alpha value is -4.50. The predicted molar refractivity (Wildman–Crippen MR) is 138 cm³/mol. The van der Waals surface area contributed by atoms with E-state index in [2.05, 4.69) is 4.98 Å². The summed E-state index contributed by atoms with van der Waals surface area (Å²) >= 11 is 1.27. The third kappa shape index (κ3) is 3.66. The zero-order valence-electron chi connectivity index (χ0n) is 19.7. The summed E-state index contributed by atoms with van der Waals surface area (Å²) in [6.45, 7) is 1.95. The number of Topliss-reactive ketones (excluding diaryl/α,β-unsaturated/α-hetero) is 1. The average Bonchev–Trinajstić information content (AvgIpc) is 3.58. The lowest BCUT2D eigenvalue weighted by Crippen LogP contribution is -2.30. The number of thiazole rings is 1. The summed E-state index contributed by atoms with van der Waals surface area (Å²) in [6.07, 6.45) is 0. The number of hydrogen-bond donors (Lipinski definition) is 1. The molecular formula is C28H19FN2O5S. The summed E-state index contributed by atoms with van der Waals surface area (Å²) in [5, 5.41) is 11.9. The molecule has 1 aliphatic rings. The minimum atomic E-state index is -1.04. The number of benzene rings is 3. The van der Waals surface area contributed by atoms with Crippen LogP contribution in [-0.4, -0.2) is 28.9 Å². The van der Waals surface area contributed by atoms with Crippen LogP contribution < -0.4 is 9.64 Å². The quantitative estimate of drug-likeness (QED) is 0.278. The first-order valence-electron chi connectivity index (χ1n) is 11.4. The van der Waals surface area contributed by atoms with E-state index in [1.54, 1.807) is 18.2 Å². The minimum Gasteiger partial charge on any atom is -0.503 e. The highest BCUT2D eigenvalue weighted by Gasteiger charge is 2.46. The molecule has 0 saturated carbocycles. The number of rotatable bonds is 5. The summed E-state index contributed by atoms with van der Waals surface area (Å²) in [6, 6.07) is 16.9. The number of hydrogen-bond acceptors (Lipinski definition) is 7. The second-order valence-electron chi connectivity index (χ2n) is 8.68. The number of methoxy groups -OCH3 is 1. The fraction of sp³-hybridized carbons (Fsp3) is 0.107. The number of para-hydroxylation sites is 1. The van der Waals surface area contributed by atoms with Gasteiger partial charge in [-0.25, -0.2) is 9.37 Å². The zero-order valence-corrected chi connectivity index (χ0v) is 20.5. The van der Waals surface area contributed by atoms with E-state index in [9.17, 15) is 19.1 Å². The van der Waals surface area contributed by atoms with Gasteiger partial charge in [-0.2, -0.15) is 0 Å². The number of amides is 1. The number of aromatic nitrogens is 1. The first kappa shape index (κ1) is 22.9. The Morgan fingerprint density at radius 1 is 1.14 bits per heavy atom. The number of aliphatic hydroxyl groups excluding tert-OH is 1. The number of halogens is 1. The van der Waals surface area contributed by atoms with E-state index in [0.717, 1.165) is 10.3 Å². The molecule has 1 amide bonds. The van der Waals surface area contributed by atoms with Crippen molar-refractivity contribution < 1.29 is 28.2 Å². The topological polar surface area (TPSA) is 92.9 Å². The summed E-state index contributed by atoms with van der Waals surface area (Å²) in [7, 11) is 1.49. The van der Waals surface area contributed by atoms with Crippen molar-refractivity contribution in [3.05, 3.63) is 101 Å². The van der Waals surface area contributed by atoms with E-state index in [1.807, 2.05) is 25.1 Å². The molecule has 5 aromatic rings. The molecule has 0 saturated heterocycles. The molecule has 0 radical (unpaired) electrons. The Bertz CT molecular complexity index is 1750. The average molecular weight is 515 g/mol. The first-order chi connectivity index (χ1) is 17.9. The molecule has 1 atom stereocenters. The van der Waals surface area contributed by atoms with Crippen LogP contribution in [0.2, 0.25) is 0 Å². The van der Waals surface area contributed by atoms with Crippen molar-refractivity contribution in [3.63, 3.8) is 0 Å². The highest BCUT2D eigenvalue weighted by molar-refractivity contribution is 7.22. The van der Waals surface area contributed by atoms with E-state index >= 15 is 0 Å². The maximum Gasteiger partial charge on any atom is 0.296 e. The molecule has 1 N–H and O–H groups in total. The lowest BCUT2D eigenvalue weighted by molar-refractivity contribution is -0.117. The van der Waals surface area contributed by atoms with Gasteiger partial charge in [-0.1, -0.05) is 41.7 Å². The van der Waals surface area contributed by atoms with Gasteiger partial charge in [0.25, 0.3) is 5.91 Å². The number of anilines is 1. The lowest BCUT2D eigenvalue weighted by Gasteiger charge is -2.24. The van der Waals surface area contributed by atoms with Gasteiger partial charge in [-0.15, -0.1) is 0 Å². The van der Waals surface area contributed by atoms with Crippen molar-refractivity contribution in [3.8, 4) is 5.75 Å². The van der Waals surface area contributed by atoms with Gasteiger partial charge >= 0.3 is 0 Å². The maximum absolute atomic E-state index is 13.8. The molecule has 6 rings (SSSR count). The number of furan rings is 1. The monoisotopic (exact) mass is 514 g/mol. The minimum absolute atomic E-state index is 0.0669. The maximum atomic E-state index is 13.8. The summed E-state index contributed by atoms with van der Waals surface area (Å²) < 4.78 is 25.8. The van der Waals surface area contributed by atoms with Crippen LogP contribution in [0.1, 0.15) is 27.7 Å². The highest BCUT2D eigenvalue weighted by atomic mass is 32.1. The Labute approximate surface area is 214 Å². The Balaban J connectivity index is 1.51. The van der Waals surface area contributed by atoms with Gasteiger partial charge in [0.2, 0.25) is 5.78 Å². The van der Waals surface area contributed by atoms with Crippen molar-refractivity contribution in [2.45, 2.75) is 13.0 Å². The summed E-state index contributed by atoms with van der Waals surface area (Å²) in [5.74, 6) is -2.25. The molecule has 3 aromatic carbocycles. The largest absolute Gasteiger partial charge is 0.503 e. The number of carbonyl (C=O) groups is 2. The number of aryl methyl sites for hydroxylation is 1. The molecule has 37 heavy (non-hydrogen) atoms. The van der Waals surface area contributed by atoms with Gasteiger partial charge < -0.3 is 14.3 Å². The second-order valence-corrected chi connectivity index (χ2v) is 9.69. The highest BCUT2D eigenvalue weighted by Crippen LogP contribution is 2.44. The third-order valence-corrected chi connectivity index (χ3v) is 7.35. The van der Waals surface area contributed by atoms with Crippen molar-refractivity contribution in [2.24, 2.45) is 0 Å². The van der Waals surface area contributed by atoms with Gasteiger partial charge in [-0.05, 0) is 54.4 Å². The van der Waals surface area contributed by atoms with Crippen molar-refractivity contribution >= 4 is 49.3 Å². The number of fused-ring (bicyclic) bond motifs is 2. The Morgan fingerprint density at radius 2 is 1.92 bits per heavy atom. The van der Waals surface area contributed by atoms with Crippen LogP contribution in [0.4, 0.5) is 9.52 Å². The molecule has 0 spiro atoms. The van der Waals surface area contributed by atoms with E-state index in [4.69, 9.17) is 9.15 Å². The normalized spacial score (nSPS) is 15.8. The molecule has 1 unspecified atom stereocenters. The van der Waals surface area contributed by atoms with Crippen LogP contribution in [0.3, 0.4) is 0 Å². The van der Waals surface area contributed by atoms with Crippen molar-refractivity contribution in [1.82, 2.24) is 4.98 Å². The number of carbonyl (C=O) groups excluding carboxylic acids is 2. The predicted octanol–water partition coefficient (Wildman–Crippen LogP) is 6.28. The molecular weight excluding hydrogens is 495 g/mol. The fourth-order valence-electron chi connectivity index (χ4n) is 4.56. The van der Waals surface area contributed by atoms with Gasteiger partial charge in [0.15, 0.2) is 28.0 Å². The standard InChI is InChI=1S/C28H19FN2O5S/c1-14-6-11-18-21(12-14)37-28(30-18)31-23(15-7-9-17(29)10-8-15)22(25(33)27(31)34)24(32)20-13-16-4-3-5-19(35-2)26(16)36-20/h3-13,23,33H,1-2H3. The Morgan fingerprint density at radius 3 is 2.68 bits per heavy atom. The van der Waals surface area contributed by atoms with Crippen LogP contribution in [0.15, 0.2) is 82.5 Å². The van der Waals surface area contributed by atoms with Crippen LogP contribution in [0.5, 0.6) is 5.75 Å². The zero-order chi connectivity index (χ0) is 25.8. The van der Waals surface area contributed by atoms with Crippen LogP contribution in [0.25, 0.3) is 21.2 Å². The van der Waals surface area contributed by atoms with Gasteiger partial charge in [-0.3, -0.25) is 14.5 Å². The van der Waals surface area contributed by atoms with E-state index in [1.165, 1.54) is 53.7 Å². The fourth-order valence-corrected chi connectivity index (χ4v) is 5.65. The summed E-state index contributed by atoms with van der Waals surface area (Å²) in [5.41, 5.74) is 2.34. The van der Waals surface area contributed by atoms with Gasteiger partial charge in [0, 0.05) is 5.39 Å². The second kappa shape index (κ2) is 8.56. The Kier molecular flexibility index (Phi) is 5.31. The molecule has 0 fully saturated rings. The number of ketones is 1. The van der Waals surface area contributed by atoms with Gasteiger partial charge in [0.05, 0.1) is 28.9 Å². The van der Waals surface area contributed by atoms with Gasteiger partial charge in [0.1, 0.15) is 5.82 Å². The van der Waals surface area contributed by atoms with E-state index < -0.39 is 29.3 Å². The molecule has 9 heteroatoms. The number of nitrogens with zero attached hydrogens (tertiary/aromatic N) is 2. The van der Waals surface area contributed by atoms with Crippen LogP contribution in [-0.2, 0) is 4.79 Å². The van der Waals surface area contributed by atoms with Crippen LogP contribution >= 0.6 is 11.3 Å². The van der Waals surface area contributed by atoms with Crippen LogP contribution in [0, 0.1) is 12.7 Å². The first-order valence-corrected chi connectivity index (χ1v) is 12.2. The lowest BCUT2D eigenvalue weighted by atomic mass is 9.95. The number of ether oxygens (including phenoxy) is 1. The molecule has 3 heterocycles. The molecule has 2 aromatic heterocycles. The molecule has 184 valence electrons. The van der Waals surface area contributed by atoms with E-state index in [0.29, 0.717) is 32.9 Å². The smallest absolute Gasteiger partial charge is 0.296 e. The van der Waals surface area contributed by atoms with Crippen molar-refractivity contribution in [1.29, 1.82) is 0 Å². The molecule has 7 nitrogen and oxygen atoms in total.